The second kappa shape index (κ2) is 6.62. The Morgan fingerprint density at radius 3 is 2.47 bits per heavy atom. The van der Waals surface area contributed by atoms with Crippen molar-refractivity contribution in [2.45, 2.75) is 65.3 Å². The van der Waals surface area contributed by atoms with Crippen molar-refractivity contribution in [2.75, 3.05) is 19.6 Å². The van der Waals surface area contributed by atoms with Crippen molar-refractivity contribution in [3.63, 3.8) is 0 Å². The molecule has 1 saturated carbocycles. The molecule has 0 aromatic heterocycles. The van der Waals surface area contributed by atoms with Crippen LogP contribution < -0.4 is 0 Å². The number of carbonyl (C=O) groups is 1. The van der Waals surface area contributed by atoms with Gasteiger partial charge >= 0.3 is 6.03 Å². The number of rotatable bonds is 3. The lowest BCUT2D eigenvalue weighted by Gasteiger charge is -2.38. The Bertz CT molecular complexity index is 297. The lowest BCUT2D eigenvalue weighted by Crippen LogP contribution is -2.51. The van der Waals surface area contributed by atoms with Crippen LogP contribution in [0.25, 0.3) is 0 Å². The summed E-state index contributed by atoms with van der Waals surface area (Å²) in [5.41, 5.74) is 0. The Kier molecular flexibility index (Phi) is 5.12. The van der Waals surface area contributed by atoms with Crippen LogP contribution in [0.3, 0.4) is 0 Å². The van der Waals surface area contributed by atoms with Crippen LogP contribution in [0.4, 0.5) is 4.79 Å². The van der Waals surface area contributed by atoms with Gasteiger partial charge in [0.15, 0.2) is 0 Å². The highest BCUT2D eigenvalue weighted by atomic mass is 16.2. The van der Waals surface area contributed by atoms with Crippen molar-refractivity contribution < 1.29 is 4.79 Å². The van der Waals surface area contributed by atoms with Gasteiger partial charge in [-0.2, -0.15) is 0 Å². The molecule has 1 unspecified atom stereocenters. The van der Waals surface area contributed by atoms with Crippen LogP contribution in [0.1, 0.15) is 59.3 Å². The number of hydrogen-bond donors (Lipinski definition) is 0. The Hall–Kier alpha value is -0.730. The Balaban J connectivity index is 2.01. The first-order valence-electron chi connectivity index (χ1n) is 8.13. The van der Waals surface area contributed by atoms with Gasteiger partial charge in [0.1, 0.15) is 0 Å². The van der Waals surface area contributed by atoms with E-state index in [1.165, 1.54) is 38.5 Å². The molecule has 1 aliphatic heterocycles. The van der Waals surface area contributed by atoms with E-state index in [1.54, 1.807) is 0 Å². The standard InChI is InChI=1S/C16H30N2O/c1-13(2)11-18(15-8-4-5-9-15)16(19)17-10-6-7-14(3)12-17/h13-15H,4-12H2,1-3H3. The minimum atomic E-state index is 0.312. The maximum Gasteiger partial charge on any atom is 0.320 e. The zero-order valence-electron chi connectivity index (χ0n) is 12.9. The van der Waals surface area contributed by atoms with Gasteiger partial charge in [-0.3, -0.25) is 0 Å². The fourth-order valence-electron chi connectivity index (χ4n) is 3.54. The van der Waals surface area contributed by atoms with Gasteiger partial charge in [-0.05, 0) is 37.5 Å². The SMILES string of the molecule is CC(C)CN(C(=O)N1CCCC(C)C1)C1CCCC1. The van der Waals surface area contributed by atoms with Gasteiger partial charge in [0.2, 0.25) is 0 Å². The van der Waals surface area contributed by atoms with Crippen LogP contribution in [0.15, 0.2) is 0 Å². The molecule has 3 heteroatoms. The molecule has 1 atom stereocenters. The number of nitrogens with zero attached hydrogens (tertiary/aromatic N) is 2. The number of amides is 2. The summed E-state index contributed by atoms with van der Waals surface area (Å²) in [7, 11) is 0. The summed E-state index contributed by atoms with van der Waals surface area (Å²) >= 11 is 0. The fraction of sp³-hybridized carbons (Fsp3) is 0.938. The van der Waals surface area contributed by atoms with E-state index in [2.05, 4.69) is 30.6 Å². The van der Waals surface area contributed by atoms with Gasteiger partial charge in [-0.15, -0.1) is 0 Å². The molecule has 0 radical (unpaired) electrons. The minimum Gasteiger partial charge on any atom is -0.324 e. The summed E-state index contributed by atoms with van der Waals surface area (Å²) in [5, 5.41) is 0. The van der Waals surface area contributed by atoms with Gasteiger partial charge in [0, 0.05) is 25.7 Å². The van der Waals surface area contributed by atoms with Crippen molar-refractivity contribution in [2.24, 2.45) is 11.8 Å². The lowest BCUT2D eigenvalue weighted by molar-refractivity contribution is 0.109. The van der Waals surface area contributed by atoms with Crippen molar-refractivity contribution in [3.05, 3.63) is 0 Å². The van der Waals surface area contributed by atoms with Crippen molar-refractivity contribution in [3.8, 4) is 0 Å². The lowest BCUT2D eigenvalue weighted by atomic mass is 10.0. The molecule has 2 rings (SSSR count). The third-order valence-electron chi connectivity index (χ3n) is 4.50. The third-order valence-corrected chi connectivity index (χ3v) is 4.50. The minimum absolute atomic E-state index is 0.312. The predicted octanol–water partition coefficient (Wildman–Crippen LogP) is 3.74. The summed E-state index contributed by atoms with van der Waals surface area (Å²) in [4.78, 5) is 17.1. The smallest absolute Gasteiger partial charge is 0.320 e. The molecule has 110 valence electrons. The van der Waals surface area contributed by atoms with Crippen molar-refractivity contribution >= 4 is 6.03 Å². The summed E-state index contributed by atoms with van der Waals surface area (Å²) in [6.07, 6.45) is 7.46. The van der Waals surface area contributed by atoms with E-state index < -0.39 is 0 Å². The molecule has 0 aromatic carbocycles. The van der Waals surface area contributed by atoms with Crippen LogP contribution in [0.2, 0.25) is 0 Å². The van der Waals surface area contributed by atoms with Gasteiger partial charge in [0.25, 0.3) is 0 Å². The topological polar surface area (TPSA) is 23.6 Å². The van der Waals surface area contributed by atoms with E-state index in [-0.39, 0.29) is 0 Å². The molecule has 0 bridgehead atoms. The zero-order chi connectivity index (χ0) is 13.8. The van der Waals surface area contributed by atoms with Crippen LogP contribution in [-0.2, 0) is 0 Å². The molecule has 1 aliphatic carbocycles. The number of urea groups is 1. The van der Waals surface area contributed by atoms with E-state index >= 15 is 0 Å². The highest BCUT2D eigenvalue weighted by Crippen LogP contribution is 2.26. The second-order valence-electron chi connectivity index (χ2n) is 6.96. The molecule has 2 aliphatic rings. The monoisotopic (exact) mass is 266 g/mol. The van der Waals surface area contributed by atoms with Gasteiger partial charge in [-0.1, -0.05) is 33.6 Å². The van der Waals surface area contributed by atoms with Crippen LogP contribution in [-0.4, -0.2) is 41.5 Å². The molecular formula is C16H30N2O. The highest BCUT2D eigenvalue weighted by molar-refractivity contribution is 5.75. The molecule has 1 heterocycles. The molecular weight excluding hydrogens is 236 g/mol. The van der Waals surface area contributed by atoms with Crippen LogP contribution >= 0.6 is 0 Å². The molecule has 2 fully saturated rings. The van der Waals surface area contributed by atoms with Crippen molar-refractivity contribution in [1.82, 2.24) is 9.80 Å². The van der Waals surface area contributed by atoms with E-state index in [0.717, 1.165) is 19.6 Å². The number of piperidine rings is 1. The summed E-state index contributed by atoms with van der Waals surface area (Å²) in [6, 6.07) is 0.819. The maximum atomic E-state index is 12.8. The quantitative estimate of drug-likeness (QED) is 0.763. The van der Waals surface area contributed by atoms with E-state index in [9.17, 15) is 4.79 Å². The van der Waals surface area contributed by atoms with Crippen molar-refractivity contribution in [1.29, 1.82) is 0 Å². The number of hydrogen-bond acceptors (Lipinski definition) is 1. The zero-order valence-corrected chi connectivity index (χ0v) is 12.9. The average Bonchev–Trinajstić information content (AvgIpc) is 2.88. The largest absolute Gasteiger partial charge is 0.324 e. The fourth-order valence-corrected chi connectivity index (χ4v) is 3.54. The van der Waals surface area contributed by atoms with Crippen LogP contribution in [0, 0.1) is 11.8 Å². The van der Waals surface area contributed by atoms with Gasteiger partial charge < -0.3 is 9.80 Å². The third kappa shape index (κ3) is 3.87. The Morgan fingerprint density at radius 1 is 1.21 bits per heavy atom. The maximum absolute atomic E-state index is 12.8. The number of likely N-dealkylation sites (tertiary alicyclic amines) is 1. The molecule has 19 heavy (non-hydrogen) atoms. The summed E-state index contributed by atoms with van der Waals surface area (Å²) in [5.74, 6) is 1.23. The second-order valence-corrected chi connectivity index (χ2v) is 6.96. The first-order chi connectivity index (χ1) is 9.08. The summed E-state index contributed by atoms with van der Waals surface area (Å²) in [6.45, 7) is 9.54. The predicted molar refractivity (Wildman–Crippen MR) is 79.2 cm³/mol. The Labute approximate surface area is 118 Å². The molecule has 0 aromatic rings. The summed E-state index contributed by atoms with van der Waals surface area (Å²) < 4.78 is 0. The van der Waals surface area contributed by atoms with E-state index in [4.69, 9.17) is 0 Å². The van der Waals surface area contributed by atoms with Gasteiger partial charge in [-0.25, -0.2) is 4.79 Å². The Morgan fingerprint density at radius 2 is 1.89 bits per heavy atom. The number of carbonyl (C=O) groups excluding carboxylic acids is 1. The van der Waals surface area contributed by atoms with Crippen LogP contribution in [0.5, 0.6) is 0 Å². The van der Waals surface area contributed by atoms with Gasteiger partial charge in [0.05, 0.1) is 0 Å². The normalized spacial score (nSPS) is 25.1. The first-order valence-corrected chi connectivity index (χ1v) is 8.13. The average molecular weight is 266 g/mol. The molecule has 2 amide bonds. The molecule has 0 spiro atoms. The molecule has 1 saturated heterocycles. The van der Waals surface area contributed by atoms with E-state index in [1.807, 2.05) is 0 Å². The molecule has 3 nitrogen and oxygen atoms in total. The first kappa shape index (κ1) is 14.7. The highest BCUT2D eigenvalue weighted by Gasteiger charge is 2.31. The molecule has 0 N–H and O–H groups in total. The van der Waals surface area contributed by atoms with E-state index in [0.29, 0.717) is 23.9 Å².